The molecule has 0 spiro atoms. The highest BCUT2D eigenvalue weighted by atomic mass is 32.2. The van der Waals surface area contributed by atoms with Gasteiger partial charge >= 0.3 is 0 Å². The standard InChI is InChI=1S/C22H31N3O5S2/c1-16-14-30-15-21(17(2)26)25(16)13-19-12-23(32(28,29)22-4-3-11-31-22)9-10-24(19)18-5-7-20(27)8-6-18/h3-8,11,16-17,19,21,26-27H,9-10,12-15H2,1-2H3/t16-,17-,19+,21-/m0/s1. The third kappa shape index (κ3) is 4.80. The van der Waals surface area contributed by atoms with Crippen LogP contribution in [0.1, 0.15) is 13.8 Å². The van der Waals surface area contributed by atoms with Crippen LogP contribution in [-0.2, 0) is 14.8 Å². The van der Waals surface area contributed by atoms with Gasteiger partial charge in [-0.1, -0.05) is 6.07 Å². The van der Waals surface area contributed by atoms with Crippen LogP contribution in [0.25, 0.3) is 0 Å². The molecule has 0 saturated carbocycles. The normalized spacial score (nSPS) is 26.8. The third-order valence-corrected chi connectivity index (χ3v) is 9.57. The summed E-state index contributed by atoms with van der Waals surface area (Å²) in [6.07, 6.45) is -0.561. The lowest BCUT2D eigenvalue weighted by Crippen LogP contribution is -2.63. The molecule has 1 aromatic heterocycles. The fourth-order valence-corrected chi connectivity index (χ4v) is 7.19. The molecule has 4 atom stereocenters. The number of phenols is 1. The maximum Gasteiger partial charge on any atom is 0.252 e. The molecule has 2 aliphatic rings. The molecular formula is C22H31N3O5S2. The SMILES string of the molecule is C[C@H](O)[C@@H]1COC[C@H](C)N1C[C@H]1CN(S(=O)(=O)c2cccs2)CCN1c1ccc(O)cc1. The van der Waals surface area contributed by atoms with Crippen molar-refractivity contribution in [2.24, 2.45) is 0 Å². The zero-order valence-electron chi connectivity index (χ0n) is 18.4. The molecule has 0 unspecified atom stereocenters. The molecule has 2 saturated heterocycles. The molecule has 1 aromatic carbocycles. The summed E-state index contributed by atoms with van der Waals surface area (Å²) in [6.45, 7) is 6.73. The Balaban J connectivity index is 1.63. The highest BCUT2D eigenvalue weighted by Crippen LogP contribution is 2.29. The highest BCUT2D eigenvalue weighted by molar-refractivity contribution is 7.91. The zero-order valence-corrected chi connectivity index (χ0v) is 20.0. The van der Waals surface area contributed by atoms with E-state index in [0.29, 0.717) is 43.6 Å². The molecular weight excluding hydrogens is 450 g/mol. The van der Waals surface area contributed by atoms with Gasteiger partial charge in [-0.3, -0.25) is 4.90 Å². The first-order valence-electron chi connectivity index (χ1n) is 10.9. The topological polar surface area (TPSA) is 93.6 Å². The van der Waals surface area contributed by atoms with Crippen LogP contribution >= 0.6 is 11.3 Å². The molecule has 0 bridgehead atoms. The Kier molecular flexibility index (Phi) is 7.09. The van der Waals surface area contributed by atoms with Crippen molar-refractivity contribution in [3.8, 4) is 5.75 Å². The molecule has 2 N–H and O–H groups in total. The summed E-state index contributed by atoms with van der Waals surface area (Å²) < 4.78 is 34.0. The van der Waals surface area contributed by atoms with Gasteiger partial charge < -0.3 is 19.8 Å². The van der Waals surface area contributed by atoms with E-state index in [1.807, 2.05) is 12.1 Å². The maximum atomic E-state index is 13.2. The first kappa shape index (κ1) is 23.5. The number of aliphatic hydroxyl groups is 1. The number of thiophene rings is 1. The Morgan fingerprint density at radius 1 is 1.19 bits per heavy atom. The van der Waals surface area contributed by atoms with Crippen molar-refractivity contribution in [3.05, 3.63) is 41.8 Å². The number of rotatable bonds is 6. The van der Waals surface area contributed by atoms with Crippen molar-refractivity contribution < 1.29 is 23.4 Å². The largest absolute Gasteiger partial charge is 0.508 e. The van der Waals surface area contributed by atoms with Crippen LogP contribution in [0.2, 0.25) is 0 Å². The molecule has 0 aliphatic carbocycles. The number of hydrogen-bond acceptors (Lipinski definition) is 8. The number of anilines is 1. The molecule has 0 amide bonds. The third-order valence-electron chi connectivity index (χ3n) is 6.33. The zero-order chi connectivity index (χ0) is 22.9. The molecule has 32 heavy (non-hydrogen) atoms. The van der Waals surface area contributed by atoms with Crippen LogP contribution in [0, 0.1) is 0 Å². The van der Waals surface area contributed by atoms with E-state index >= 15 is 0 Å². The predicted molar refractivity (Wildman–Crippen MR) is 125 cm³/mol. The predicted octanol–water partition coefficient (Wildman–Crippen LogP) is 1.80. The Hall–Kier alpha value is -1.69. The summed E-state index contributed by atoms with van der Waals surface area (Å²) in [5.74, 6) is 0.195. The Labute approximate surface area is 193 Å². The van der Waals surface area contributed by atoms with Crippen LogP contribution in [0.15, 0.2) is 46.0 Å². The number of benzene rings is 1. The van der Waals surface area contributed by atoms with Gasteiger partial charge in [-0.2, -0.15) is 4.31 Å². The fourth-order valence-electron chi connectivity index (χ4n) is 4.58. The van der Waals surface area contributed by atoms with Gasteiger partial charge in [-0.15, -0.1) is 11.3 Å². The van der Waals surface area contributed by atoms with Crippen LogP contribution in [-0.4, -0.2) is 91.5 Å². The van der Waals surface area contributed by atoms with Gasteiger partial charge in [-0.05, 0) is 49.6 Å². The second-order valence-electron chi connectivity index (χ2n) is 8.55. The minimum absolute atomic E-state index is 0.106. The van der Waals surface area contributed by atoms with Crippen molar-refractivity contribution in [1.29, 1.82) is 0 Å². The lowest BCUT2D eigenvalue weighted by atomic mass is 10.0. The fraction of sp³-hybridized carbons (Fsp3) is 0.545. The van der Waals surface area contributed by atoms with Crippen molar-refractivity contribution in [2.45, 2.75) is 42.3 Å². The summed E-state index contributed by atoms with van der Waals surface area (Å²) in [4.78, 5) is 4.45. The number of phenolic OH excluding ortho intramolecular Hbond substituents is 1. The molecule has 8 nitrogen and oxygen atoms in total. The van der Waals surface area contributed by atoms with Gasteiger partial charge in [0.2, 0.25) is 0 Å². The summed E-state index contributed by atoms with van der Waals surface area (Å²) in [6, 6.07) is 10.3. The van der Waals surface area contributed by atoms with Crippen LogP contribution in [0.3, 0.4) is 0 Å². The van der Waals surface area contributed by atoms with Gasteiger partial charge in [-0.25, -0.2) is 8.42 Å². The number of aromatic hydroxyl groups is 1. The number of nitrogens with zero attached hydrogens (tertiary/aromatic N) is 3. The number of sulfonamides is 1. The number of piperazine rings is 1. The van der Waals surface area contributed by atoms with Crippen molar-refractivity contribution in [1.82, 2.24) is 9.21 Å². The minimum Gasteiger partial charge on any atom is -0.508 e. The molecule has 3 heterocycles. The lowest BCUT2D eigenvalue weighted by Gasteiger charge is -2.48. The van der Waals surface area contributed by atoms with E-state index in [-0.39, 0.29) is 23.9 Å². The maximum absolute atomic E-state index is 13.2. The second-order valence-corrected chi connectivity index (χ2v) is 11.7. The molecule has 4 rings (SSSR count). The smallest absolute Gasteiger partial charge is 0.252 e. The van der Waals surface area contributed by atoms with Gasteiger partial charge in [0.05, 0.1) is 31.4 Å². The Morgan fingerprint density at radius 2 is 1.94 bits per heavy atom. The quantitative estimate of drug-likeness (QED) is 0.650. The molecule has 10 heteroatoms. The first-order chi connectivity index (χ1) is 15.3. The Bertz CT molecular complexity index is 982. The van der Waals surface area contributed by atoms with Crippen LogP contribution in [0.5, 0.6) is 5.75 Å². The second kappa shape index (κ2) is 9.66. The molecule has 2 fully saturated rings. The minimum atomic E-state index is -3.56. The average molecular weight is 482 g/mol. The van der Waals surface area contributed by atoms with E-state index in [0.717, 1.165) is 5.69 Å². The molecule has 0 radical (unpaired) electrons. The average Bonchev–Trinajstić information content (AvgIpc) is 3.31. The van der Waals surface area contributed by atoms with Gasteiger partial charge in [0.25, 0.3) is 10.0 Å². The first-order valence-corrected chi connectivity index (χ1v) is 13.2. The summed E-state index contributed by atoms with van der Waals surface area (Å²) in [5.41, 5.74) is 0.940. The number of morpholine rings is 1. The monoisotopic (exact) mass is 481 g/mol. The summed E-state index contributed by atoms with van der Waals surface area (Å²) in [5, 5.41) is 21.8. The summed E-state index contributed by atoms with van der Waals surface area (Å²) >= 11 is 1.23. The summed E-state index contributed by atoms with van der Waals surface area (Å²) in [7, 11) is -3.56. The highest BCUT2D eigenvalue weighted by Gasteiger charge is 2.39. The van der Waals surface area contributed by atoms with Gasteiger partial charge in [0, 0.05) is 37.9 Å². The molecule has 2 aliphatic heterocycles. The molecule has 176 valence electrons. The number of ether oxygens (including phenoxy) is 1. The van der Waals surface area contributed by atoms with Crippen molar-refractivity contribution in [2.75, 3.05) is 44.3 Å². The Morgan fingerprint density at radius 3 is 2.59 bits per heavy atom. The van der Waals surface area contributed by atoms with Gasteiger partial charge in [0.15, 0.2) is 0 Å². The van der Waals surface area contributed by atoms with Gasteiger partial charge in [0.1, 0.15) is 9.96 Å². The van der Waals surface area contributed by atoms with E-state index < -0.39 is 16.1 Å². The van der Waals surface area contributed by atoms with E-state index in [4.69, 9.17) is 4.74 Å². The lowest BCUT2D eigenvalue weighted by molar-refractivity contribution is -0.0840. The van der Waals surface area contributed by atoms with E-state index in [2.05, 4.69) is 16.7 Å². The molecule has 2 aromatic rings. The van der Waals surface area contributed by atoms with Crippen molar-refractivity contribution in [3.63, 3.8) is 0 Å². The van der Waals surface area contributed by atoms with E-state index in [9.17, 15) is 18.6 Å². The number of aliphatic hydroxyl groups excluding tert-OH is 1. The van der Waals surface area contributed by atoms with Crippen LogP contribution < -0.4 is 4.90 Å². The van der Waals surface area contributed by atoms with E-state index in [1.165, 1.54) is 11.3 Å². The number of hydrogen-bond donors (Lipinski definition) is 2. The van der Waals surface area contributed by atoms with Crippen molar-refractivity contribution >= 4 is 27.0 Å². The van der Waals surface area contributed by atoms with Crippen LogP contribution in [0.4, 0.5) is 5.69 Å². The van der Waals surface area contributed by atoms with E-state index in [1.54, 1.807) is 40.9 Å².